The van der Waals surface area contributed by atoms with Gasteiger partial charge in [0, 0.05) is 35.9 Å². The van der Waals surface area contributed by atoms with Crippen LogP contribution in [-0.2, 0) is 4.74 Å². The number of anilines is 2. The number of aromatic amines is 1. The van der Waals surface area contributed by atoms with Gasteiger partial charge in [0.15, 0.2) is 5.65 Å². The number of ether oxygens (including phenoxy) is 1. The van der Waals surface area contributed by atoms with Crippen LogP contribution in [0.2, 0.25) is 0 Å². The third-order valence-corrected chi connectivity index (χ3v) is 5.13. The summed E-state index contributed by atoms with van der Waals surface area (Å²) in [6, 6.07) is 10.7. The van der Waals surface area contributed by atoms with Crippen molar-refractivity contribution in [2.75, 3.05) is 24.3 Å². The maximum Gasteiger partial charge on any atom is 0.240 e. The summed E-state index contributed by atoms with van der Waals surface area (Å²) in [5, 5.41) is 16.4. The zero-order valence-electron chi connectivity index (χ0n) is 15.1. The molecule has 1 aliphatic rings. The van der Waals surface area contributed by atoms with Gasteiger partial charge in [0.2, 0.25) is 5.95 Å². The molecule has 0 spiro atoms. The fourth-order valence-corrected chi connectivity index (χ4v) is 3.67. The van der Waals surface area contributed by atoms with Gasteiger partial charge >= 0.3 is 0 Å². The summed E-state index contributed by atoms with van der Waals surface area (Å²) in [5.41, 5.74) is 10.7. The second kappa shape index (κ2) is 6.24. The number of nitrogens with two attached hydrogens (primary N) is 1. The predicted octanol–water partition coefficient (Wildman–Crippen LogP) is 2.75. The van der Waals surface area contributed by atoms with Crippen molar-refractivity contribution in [1.82, 2.24) is 24.8 Å². The van der Waals surface area contributed by atoms with Crippen LogP contribution in [0.1, 0.15) is 18.5 Å². The number of hydrogen-bond donors (Lipinski definition) is 3. The summed E-state index contributed by atoms with van der Waals surface area (Å²) < 4.78 is 7.24. The van der Waals surface area contributed by atoms with E-state index in [4.69, 9.17) is 10.5 Å². The molecule has 0 atom stereocenters. The molecule has 8 nitrogen and oxygen atoms in total. The number of H-pyrrole nitrogens is 1. The molecule has 138 valence electrons. The first kappa shape index (κ1) is 16.1. The third-order valence-electron chi connectivity index (χ3n) is 5.13. The van der Waals surface area contributed by atoms with Crippen LogP contribution >= 0.6 is 0 Å². The molecule has 1 saturated heterocycles. The predicted molar refractivity (Wildman–Crippen MR) is 105 cm³/mol. The average Bonchev–Trinajstić information content (AvgIpc) is 3.25. The Labute approximate surface area is 155 Å². The van der Waals surface area contributed by atoms with Crippen molar-refractivity contribution in [3.05, 3.63) is 36.0 Å². The monoisotopic (exact) mass is 363 g/mol. The Kier molecular flexibility index (Phi) is 3.71. The lowest BCUT2D eigenvalue weighted by atomic mass is 10.0. The van der Waals surface area contributed by atoms with Crippen LogP contribution in [0.5, 0.6) is 0 Å². The molecule has 5 rings (SSSR count). The zero-order chi connectivity index (χ0) is 18.4. The van der Waals surface area contributed by atoms with E-state index in [1.165, 1.54) is 0 Å². The van der Waals surface area contributed by atoms with Gasteiger partial charge in [-0.2, -0.15) is 14.6 Å². The van der Waals surface area contributed by atoms with E-state index in [1.807, 2.05) is 25.1 Å². The van der Waals surface area contributed by atoms with Gasteiger partial charge < -0.3 is 15.8 Å². The lowest BCUT2D eigenvalue weighted by Crippen LogP contribution is -2.28. The highest BCUT2D eigenvalue weighted by molar-refractivity contribution is 5.89. The van der Waals surface area contributed by atoms with E-state index in [0.717, 1.165) is 65.2 Å². The van der Waals surface area contributed by atoms with Crippen LogP contribution < -0.4 is 11.1 Å². The van der Waals surface area contributed by atoms with Gasteiger partial charge in [0.25, 0.3) is 0 Å². The Hall–Kier alpha value is -3.13. The van der Waals surface area contributed by atoms with Crippen molar-refractivity contribution >= 4 is 28.3 Å². The molecular formula is C19H21N7O. The minimum atomic E-state index is 0.262. The van der Waals surface area contributed by atoms with Crippen LogP contribution in [0, 0.1) is 6.92 Å². The summed E-state index contributed by atoms with van der Waals surface area (Å²) in [4.78, 5) is 4.47. The fourth-order valence-electron chi connectivity index (χ4n) is 3.67. The average molecular weight is 363 g/mol. The van der Waals surface area contributed by atoms with E-state index in [1.54, 1.807) is 4.52 Å². The smallest absolute Gasteiger partial charge is 0.240 e. The van der Waals surface area contributed by atoms with E-state index in [-0.39, 0.29) is 5.95 Å². The second-order valence-corrected chi connectivity index (χ2v) is 6.95. The van der Waals surface area contributed by atoms with Crippen molar-refractivity contribution in [1.29, 1.82) is 0 Å². The van der Waals surface area contributed by atoms with Crippen LogP contribution in [0.4, 0.5) is 11.8 Å². The quantitative estimate of drug-likeness (QED) is 0.517. The fraction of sp³-hybridized carbons (Fsp3) is 0.316. The number of benzene rings is 1. The van der Waals surface area contributed by atoms with Crippen molar-refractivity contribution in [2.24, 2.45) is 0 Å². The third kappa shape index (κ3) is 2.78. The van der Waals surface area contributed by atoms with Crippen molar-refractivity contribution in [2.45, 2.75) is 25.8 Å². The molecule has 4 aromatic rings. The Morgan fingerprint density at radius 1 is 1.22 bits per heavy atom. The molecular weight excluding hydrogens is 342 g/mol. The molecule has 0 radical (unpaired) electrons. The minimum absolute atomic E-state index is 0.262. The number of rotatable bonds is 3. The summed E-state index contributed by atoms with van der Waals surface area (Å²) >= 11 is 0. The van der Waals surface area contributed by atoms with Gasteiger partial charge in [-0.3, -0.25) is 5.10 Å². The Balaban J connectivity index is 1.60. The maximum atomic E-state index is 5.93. The minimum Gasteiger partial charge on any atom is -0.381 e. The molecule has 27 heavy (non-hydrogen) atoms. The van der Waals surface area contributed by atoms with E-state index in [0.29, 0.717) is 6.04 Å². The van der Waals surface area contributed by atoms with E-state index in [9.17, 15) is 0 Å². The molecule has 0 saturated carbocycles. The molecule has 1 aromatic carbocycles. The topological polar surface area (TPSA) is 106 Å². The molecule has 3 aromatic heterocycles. The van der Waals surface area contributed by atoms with E-state index >= 15 is 0 Å². The molecule has 0 amide bonds. The summed E-state index contributed by atoms with van der Waals surface area (Å²) in [6.07, 6.45) is 1.95. The van der Waals surface area contributed by atoms with Gasteiger partial charge in [-0.25, -0.2) is 0 Å². The maximum absolute atomic E-state index is 5.93. The first-order chi connectivity index (χ1) is 13.2. The van der Waals surface area contributed by atoms with Gasteiger partial charge in [0.1, 0.15) is 5.82 Å². The number of nitrogens with one attached hydrogen (secondary N) is 2. The van der Waals surface area contributed by atoms with Crippen molar-refractivity contribution in [3.8, 4) is 11.1 Å². The first-order valence-electron chi connectivity index (χ1n) is 9.14. The molecule has 1 fully saturated rings. The number of nitrogen functional groups attached to an aromatic ring is 1. The molecule has 4 heterocycles. The van der Waals surface area contributed by atoms with Crippen LogP contribution in [-0.4, -0.2) is 44.1 Å². The highest BCUT2D eigenvalue weighted by atomic mass is 16.5. The van der Waals surface area contributed by atoms with Gasteiger partial charge in [-0.1, -0.05) is 6.07 Å². The first-order valence-corrected chi connectivity index (χ1v) is 9.14. The Morgan fingerprint density at radius 2 is 2.07 bits per heavy atom. The van der Waals surface area contributed by atoms with Crippen molar-refractivity contribution < 1.29 is 4.74 Å². The Morgan fingerprint density at radius 3 is 2.93 bits per heavy atom. The van der Waals surface area contributed by atoms with Gasteiger partial charge in [-0.05, 0) is 49.6 Å². The largest absolute Gasteiger partial charge is 0.381 e. The lowest BCUT2D eigenvalue weighted by Gasteiger charge is -2.24. The van der Waals surface area contributed by atoms with Crippen molar-refractivity contribution in [3.63, 3.8) is 0 Å². The standard InChI is InChI=1S/C19H21N7O/c1-11-15-10-12(2-4-16(15)24-23-11)14-3-5-17(21-13-6-8-27-9-7-13)26-18(14)22-19(20)25-26/h2-5,10,13,21H,6-9H2,1H3,(H2,20,25)(H,23,24). The number of aromatic nitrogens is 5. The molecule has 0 aliphatic carbocycles. The highest BCUT2D eigenvalue weighted by Gasteiger charge is 2.18. The molecule has 0 bridgehead atoms. The number of hydrogen-bond acceptors (Lipinski definition) is 6. The molecule has 1 aliphatic heterocycles. The van der Waals surface area contributed by atoms with Crippen LogP contribution in [0.25, 0.3) is 27.7 Å². The van der Waals surface area contributed by atoms with E-state index < -0.39 is 0 Å². The normalized spacial score (nSPS) is 15.6. The number of nitrogens with zero attached hydrogens (tertiary/aromatic N) is 4. The molecule has 8 heteroatoms. The molecule has 4 N–H and O–H groups in total. The number of pyridine rings is 1. The Bertz CT molecular complexity index is 1120. The summed E-state index contributed by atoms with van der Waals surface area (Å²) in [7, 11) is 0. The number of fused-ring (bicyclic) bond motifs is 2. The van der Waals surface area contributed by atoms with Crippen LogP contribution in [0.3, 0.4) is 0 Å². The van der Waals surface area contributed by atoms with Crippen LogP contribution in [0.15, 0.2) is 30.3 Å². The summed E-state index contributed by atoms with van der Waals surface area (Å²) in [5.74, 6) is 1.16. The molecule has 0 unspecified atom stereocenters. The van der Waals surface area contributed by atoms with Gasteiger partial charge in [0.05, 0.1) is 5.52 Å². The van der Waals surface area contributed by atoms with E-state index in [2.05, 4.69) is 37.7 Å². The summed E-state index contributed by atoms with van der Waals surface area (Å²) in [6.45, 7) is 3.58. The SMILES string of the molecule is Cc1[nH]nc2ccc(-c3ccc(NC4CCOCC4)n4nc(N)nc34)cc12. The highest BCUT2D eigenvalue weighted by Crippen LogP contribution is 2.30. The van der Waals surface area contributed by atoms with Gasteiger partial charge in [-0.15, -0.1) is 5.10 Å². The second-order valence-electron chi connectivity index (χ2n) is 6.95. The lowest BCUT2D eigenvalue weighted by molar-refractivity contribution is 0.0903. The number of aryl methyl sites for hydroxylation is 1. The zero-order valence-corrected chi connectivity index (χ0v) is 15.1.